The molecule has 0 atom stereocenters. The first-order chi connectivity index (χ1) is 7.67. The predicted molar refractivity (Wildman–Crippen MR) is 62.7 cm³/mol. The van der Waals surface area contributed by atoms with Gasteiger partial charge < -0.3 is 0 Å². The van der Waals surface area contributed by atoms with E-state index in [0.717, 1.165) is 41.7 Å². The van der Waals surface area contributed by atoms with Crippen molar-refractivity contribution in [2.75, 3.05) is 0 Å². The van der Waals surface area contributed by atoms with Crippen LogP contribution in [0.3, 0.4) is 0 Å². The van der Waals surface area contributed by atoms with Gasteiger partial charge in [-0.1, -0.05) is 6.92 Å². The van der Waals surface area contributed by atoms with E-state index in [1.165, 1.54) is 0 Å². The molecule has 0 aromatic carbocycles. The lowest BCUT2D eigenvalue weighted by atomic mass is 10.1. The van der Waals surface area contributed by atoms with Crippen LogP contribution < -0.4 is 0 Å². The zero-order valence-electron chi connectivity index (χ0n) is 9.82. The summed E-state index contributed by atoms with van der Waals surface area (Å²) in [5, 5.41) is 5.31. The quantitative estimate of drug-likeness (QED) is 0.741. The van der Waals surface area contributed by atoms with E-state index in [9.17, 15) is 4.79 Å². The van der Waals surface area contributed by atoms with Crippen LogP contribution in [-0.2, 0) is 6.54 Å². The summed E-state index contributed by atoms with van der Waals surface area (Å²) in [4.78, 5) is 15.5. The average molecular weight is 217 g/mol. The third-order valence-electron chi connectivity index (χ3n) is 2.60. The summed E-state index contributed by atoms with van der Waals surface area (Å²) in [6, 6.07) is 1.81. The Bertz CT molecular complexity index is 543. The fraction of sp³-hybridized carbons (Fsp3) is 0.417. The van der Waals surface area contributed by atoms with E-state index < -0.39 is 0 Å². The van der Waals surface area contributed by atoms with E-state index in [1.54, 1.807) is 6.07 Å². The summed E-state index contributed by atoms with van der Waals surface area (Å²) in [5.74, 6) is 0. The minimum Gasteiger partial charge on any atom is -0.298 e. The van der Waals surface area contributed by atoms with Gasteiger partial charge in [-0.05, 0) is 26.3 Å². The van der Waals surface area contributed by atoms with Crippen LogP contribution >= 0.6 is 0 Å². The number of rotatable bonds is 3. The lowest BCUT2D eigenvalue weighted by molar-refractivity contribution is 0.112. The van der Waals surface area contributed by atoms with Gasteiger partial charge in [-0.2, -0.15) is 5.10 Å². The number of fused-ring (bicyclic) bond motifs is 1. The molecule has 2 heterocycles. The van der Waals surface area contributed by atoms with E-state index in [0.29, 0.717) is 5.56 Å². The highest BCUT2D eigenvalue weighted by atomic mass is 16.1. The van der Waals surface area contributed by atoms with E-state index in [-0.39, 0.29) is 0 Å². The van der Waals surface area contributed by atoms with Crippen molar-refractivity contribution < 1.29 is 4.79 Å². The van der Waals surface area contributed by atoms with E-state index in [2.05, 4.69) is 17.0 Å². The number of aromatic nitrogens is 3. The number of hydrogen-bond donors (Lipinski definition) is 0. The minimum absolute atomic E-state index is 0.683. The van der Waals surface area contributed by atoms with Crippen molar-refractivity contribution >= 4 is 17.3 Å². The zero-order valence-corrected chi connectivity index (χ0v) is 9.82. The number of nitrogens with zero attached hydrogens (tertiary/aromatic N) is 3. The third-order valence-corrected chi connectivity index (χ3v) is 2.60. The molecule has 0 saturated heterocycles. The molecule has 4 heteroatoms. The van der Waals surface area contributed by atoms with Crippen LogP contribution in [0.1, 0.15) is 35.1 Å². The standard InChI is InChI=1S/C12H15N3O/c1-4-5-15-12-11(9(3)14-15)10(7-16)6-8(2)13-12/h6-7H,4-5H2,1-3H3. The van der Waals surface area contributed by atoms with Gasteiger partial charge in [0.2, 0.25) is 0 Å². The van der Waals surface area contributed by atoms with Crippen molar-refractivity contribution in [1.82, 2.24) is 14.8 Å². The molecule has 0 unspecified atom stereocenters. The van der Waals surface area contributed by atoms with E-state index >= 15 is 0 Å². The Morgan fingerprint density at radius 1 is 1.44 bits per heavy atom. The largest absolute Gasteiger partial charge is 0.298 e. The molecule has 0 fully saturated rings. The summed E-state index contributed by atoms with van der Waals surface area (Å²) in [7, 11) is 0. The maximum atomic E-state index is 11.0. The number of carbonyl (C=O) groups excluding carboxylic acids is 1. The van der Waals surface area contributed by atoms with Crippen molar-refractivity contribution in [3.63, 3.8) is 0 Å². The molecule has 2 aromatic rings. The second-order valence-corrected chi connectivity index (χ2v) is 3.98. The number of aryl methyl sites for hydroxylation is 3. The van der Waals surface area contributed by atoms with E-state index in [4.69, 9.17) is 0 Å². The van der Waals surface area contributed by atoms with Crippen molar-refractivity contribution in [2.45, 2.75) is 33.7 Å². The van der Waals surface area contributed by atoms with Crippen molar-refractivity contribution in [2.24, 2.45) is 0 Å². The van der Waals surface area contributed by atoms with Crippen LogP contribution in [0.25, 0.3) is 11.0 Å². The molecule has 0 N–H and O–H groups in total. The lowest BCUT2D eigenvalue weighted by Gasteiger charge is -2.01. The molecule has 16 heavy (non-hydrogen) atoms. The van der Waals surface area contributed by atoms with Crippen LogP contribution in [0.5, 0.6) is 0 Å². The molecule has 0 amide bonds. The third kappa shape index (κ3) is 1.60. The second kappa shape index (κ2) is 4.04. The molecular formula is C12H15N3O. The maximum absolute atomic E-state index is 11.0. The number of carbonyl (C=O) groups is 1. The van der Waals surface area contributed by atoms with Gasteiger partial charge in [0.15, 0.2) is 11.9 Å². The molecule has 4 nitrogen and oxygen atoms in total. The molecular weight excluding hydrogens is 202 g/mol. The molecule has 0 radical (unpaired) electrons. The molecule has 2 rings (SSSR count). The molecule has 0 saturated carbocycles. The number of aldehydes is 1. The first-order valence-electron chi connectivity index (χ1n) is 5.47. The van der Waals surface area contributed by atoms with Crippen LogP contribution in [0.4, 0.5) is 0 Å². The molecule has 0 aliphatic rings. The molecule has 0 aliphatic heterocycles. The van der Waals surface area contributed by atoms with Gasteiger partial charge in [0.1, 0.15) is 0 Å². The van der Waals surface area contributed by atoms with Gasteiger partial charge in [-0.25, -0.2) is 9.67 Å². The molecule has 84 valence electrons. The van der Waals surface area contributed by atoms with Crippen molar-refractivity contribution in [1.29, 1.82) is 0 Å². The van der Waals surface area contributed by atoms with Gasteiger partial charge in [-0.15, -0.1) is 0 Å². The monoisotopic (exact) mass is 217 g/mol. The smallest absolute Gasteiger partial charge is 0.158 e. The Balaban J connectivity index is 2.79. The number of hydrogen-bond acceptors (Lipinski definition) is 3. The van der Waals surface area contributed by atoms with Gasteiger partial charge in [-0.3, -0.25) is 4.79 Å². The Morgan fingerprint density at radius 2 is 2.19 bits per heavy atom. The minimum atomic E-state index is 0.683. The lowest BCUT2D eigenvalue weighted by Crippen LogP contribution is -2.01. The Labute approximate surface area is 94.3 Å². The highest BCUT2D eigenvalue weighted by Crippen LogP contribution is 2.20. The first-order valence-corrected chi connectivity index (χ1v) is 5.47. The normalized spacial score (nSPS) is 10.9. The van der Waals surface area contributed by atoms with Crippen molar-refractivity contribution in [3.8, 4) is 0 Å². The second-order valence-electron chi connectivity index (χ2n) is 3.98. The van der Waals surface area contributed by atoms with E-state index in [1.807, 2.05) is 18.5 Å². The summed E-state index contributed by atoms with van der Waals surface area (Å²) >= 11 is 0. The fourth-order valence-electron chi connectivity index (χ4n) is 1.98. The summed E-state index contributed by atoms with van der Waals surface area (Å²) in [6.07, 6.45) is 1.88. The Kier molecular flexibility index (Phi) is 2.73. The molecule has 0 spiro atoms. The van der Waals surface area contributed by atoms with Gasteiger partial charge in [0, 0.05) is 17.8 Å². The predicted octanol–water partition coefficient (Wildman–Crippen LogP) is 2.27. The molecule has 2 aromatic heterocycles. The van der Waals surface area contributed by atoms with Gasteiger partial charge in [0.25, 0.3) is 0 Å². The number of pyridine rings is 1. The fourth-order valence-corrected chi connectivity index (χ4v) is 1.98. The van der Waals surface area contributed by atoms with Gasteiger partial charge >= 0.3 is 0 Å². The van der Waals surface area contributed by atoms with Crippen molar-refractivity contribution in [3.05, 3.63) is 23.0 Å². The maximum Gasteiger partial charge on any atom is 0.158 e. The van der Waals surface area contributed by atoms with Crippen LogP contribution in [0.2, 0.25) is 0 Å². The summed E-state index contributed by atoms with van der Waals surface area (Å²) in [6.45, 7) is 6.74. The average Bonchev–Trinajstić information content (AvgIpc) is 2.55. The van der Waals surface area contributed by atoms with Crippen LogP contribution in [0.15, 0.2) is 6.07 Å². The summed E-state index contributed by atoms with van der Waals surface area (Å²) in [5.41, 5.74) is 3.23. The highest BCUT2D eigenvalue weighted by Gasteiger charge is 2.12. The molecule has 0 aliphatic carbocycles. The molecule has 0 bridgehead atoms. The zero-order chi connectivity index (χ0) is 11.7. The SMILES string of the molecule is CCCn1nc(C)c2c(C=O)cc(C)nc21. The van der Waals surface area contributed by atoms with Crippen LogP contribution in [0, 0.1) is 13.8 Å². The van der Waals surface area contributed by atoms with Gasteiger partial charge in [0.05, 0.1) is 11.1 Å². The first kappa shape index (κ1) is 10.8. The summed E-state index contributed by atoms with van der Waals surface area (Å²) < 4.78 is 1.88. The van der Waals surface area contributed by atoms with Crippen LogP contribution in [-0.4, -0.2) is 21.1 Å². The topological polar surface area (TPSA) is 47.8 Å². The Hall–Kier alpha value is -1.71. The highest BCUT2D eigenvalue weighted by molar-refractivity contribution is 5.96. The Morgan fingerprint density at radius 3 is 2.81 bits per heavy atom.